The normalized spacial score (nSPS) is 22.2. The molecular weight excluding hydrogens is 202 g/mol. The van der Waals surface area contributed by atoms with Crippen molar-refractivity contribution in [2.75, 3.05) is 13.2 Å². The van der Waals surface area contributed by atoms with Gasteiger partial charge in [0.05, 0.1) is 6.61 Å². The first kappa shape index (κ1) is 11.4. The Bertz CT molecular complexity index is 334. The number of aromatic hydroxyl groups is 1. The van der Waals surface area contributed by atoms with Crippen molar-refractivity contribution >= 4 is 0 Å². The summed E-state index contributed by atoms with van der Waals surface area (Å²) < 4.78 is 5.37. The topological polar surface area (TPSA) is 41.5 Å². The molecule has 2 unspecified atom stereocenters. The SMILES string of the molecule is CC(NCc1cccc(O)c1)C1CCOC1. The van der Waals surface area contributed by atoms with Crippen molar-refractivity contribution in [3.05, 3.63) is 29.8 Å². The standard InChI is InChI=1S/C13H19NO2/c1-10(12-5-6-16-9-12)14-8-11-3-2-4-13(15)7-11/h2-4,7,10,12,14-15H,5-6,8-9H2,1H3. The average Bonchev–Trinajstić information content (AvgIpc) is 2.79. The van der Waals surface area contributed by atoms with Crippen molar-refractivity contribution in [3.8, 4) is 5.75 Å². The highest BCUT2D eigenvalue weighted by Gasteiger charge is 2.21. The van der Waals surface area contributed by atoms with Crippen LogP contribution in [0.2, 0.25) is 0 Å². The summed E-state index contributed by atoms with van der Waals surface area (Å²) >= 11 is 0. The van der Waals surface area contributed by atoms with E-state index >= 15 is 0 Å². The Labute approximate surface area is 96.4 Å². The summed E-state index contributed by atoms with van der Waals surface area (Å²) in [5, 5.41) is 12.8. The van der Waals surface area contributed by atoms with Crippen molar-refractivity contribution in [1.82, 2.24) is 5.32 Å². The van der Waals surface area contributed by atoms with Gasteiger partial charge in [0.1, 0.15) is 5.75 Å². The molecule has 0 spiro atoms. The van der Waals surface area contributed by atoms with E-state index < -0.39 is 0 Å². The van der Waals surface area contributed by atoms with Gasteiger partial charge in [0.15, 0.2) is 0 Å². The fourth-order valence-corrected chi connectivity index (χ4v) is 2.06. The molecule has 16 heavy (non-hydrogen) atoms. The van der Waals surface area contributed by atoms with Crippen LogP contribution in [-0.4, -0.2) is 24.4 Å². The first-order valence-electron chi connectivity index (χ1n) is 5.85. The molecule has 1 aromatic carbocycles. The molecule has 1 saturated heterocycles. The van der Waals surface area contributed by atoms with Crippen molar-refractivity contribution in [1.29, 1.82) is 0 Å². The molecule has 0 radical (unpaired) electrons. The quantitative estimate of drug-likeness (QED) is 0.816. The van der Waals surface area contributed by atoms with Gasteiger partial charge >= 0.3 is 0 Å². The maximum absolute atomic E-state index is 9.34. The zero-order valence-corrected chi connectivity index (χ0v) is 9.65. The molecule has 3 nitrogen and oxygen atoms in total. The lowest BCUT2D eigenvalue weighted by molar-refractivity contribution is 0.178. The average molecular weight is 221 g/mol. The van der Waals surface area contributed by atoms with Gasteiger partial charge in [0, 0.05) is 19.2 Å². The number of hydrogen-bond acceptors (Lipinski definition) is 3. The Morgan fingerprint density at radius 3 is 3.12 bits per heavy atom. The Morgan fingerprint density at radius 2 is 2.44 bits per heavy atom. The first-order chi connectivity index (χ1) is 7.75. The van der Waals surface area contributed by atoms with E-state index in [9.17, 15) is 5.11 Å². The second-order valence-corrected chi connectivity index (χ2v) is 4.46. The van der Waals surface area contributed by atoms with Crippen LogP contribution in [0.4, 0.5) is 0 Å². The Hall–Kier alpha value is -1.06. The number of phenolic OH excluding ortho intramolecular Hbond substituents is 1. The van der Waals surface area contributed by atoms with Crippen molar-refractivity contribution in [2.24, 2.45) is 5.92 Å². The third kappa shape index (κ3) is 2.97. The summed E-state index contributed by atoms with van der Waals surface area (Å²) in [6, 6.07) is 7.84. The summed E-state index contributed by atoms with van der Waals surface area (Å²) in [4.78, 5) is 0. The monoisotopic (exact) mass is 221 g/mol. The van der Waals surface area contributed by atoms with Crippen LogP contribution in [0.3, 0.4) is 0 Å². The molecule has 0 saturated carbocycles. The van der Waals surface area contributed by atoms with Crippen molar-refractivity contribution in [2.45, 2.75) is 25.9 Å². The van der Waals surface area contributed by atoms with Gasteiger partial charge in [0.2, 0.25) is 0 Å². The maximum atomic E-state index is 9.34. The van der Waals surface area contributed by atoms with E-state index in [1.54, 1.807) is 12.1 Å². The fraction of sp³-hybridized carbons (Fsp3) is 0.538. The Kier molecular flexibility index (Phi) is 3.80. The summed E-state index contributed by atoms with van der Waals surface area (Å²) in [6.07, 6.45) is 1.15. The minimum Gasteiger partial charge on any atom is -0.508 e. The summed E-state index contributed by atoms with van der Waals surface area (Å²) in [7, 11) is 0. The molecule has 1 fully saturated rings. The zero-order valence-electron chi connectivity index (χ0n) is 9.65. The second-order valence-electron chi connectivity index (χ2n) is 4.46. The minimum absolute atomic E-state index is 0.330. The maximum Gasteiger partial charge on any atom is 0.115 e. The molecule has 1 aromatic rings. The molecule has 0 aromatic heterocycles. The number of phenols is 1. The van der Waals surface area contributed by atoms with Crippen LogP contribution in [0.25, 0.3) is 0 Å². The van der Waals surface area contributed by atoms with Crippen LogP contribution >= 0.6 is 0 Å². The van der Waals surface area contributed by atoms with Gasteiger partial charge in [-0.05, 0) is 37.0 Å². The number of hydrogen-bond donors (Lipinski definition) is 2. The van der Waals surface area contributed by atoms with E-state index in [2.05, 4.69) is 12.2 Å². The third-order valence-corrected chi connectivity index (χ3v) is 3.21. The first-order valence-corrected chi connectivity index (χ1v) is 5.85. The Morgan fingerprint density at radius 1 is 1.56 bits per heavy atom. The highest BCUT2D eigenvalue weighted by molar-refractivity contribution is 5.26. The van der Waals surface area contributed by atoms with E-state index in [1.165, 1.54) is 0 Å². The molecule has 3 heteroatoms. The summed E-state index contributed by atoms with van der Waals surface area (Å²) in [6.45, 7) is 4.76. The molecule has 0 amide bonds. The number of ether oxygens (including phenoxy) is 1. The lowest BCUT2D eigenvalue weighted by Gasteiger charge is -2.19. The van der Waals surface area contributed by atoms with Crippen molar-refractivity contribution < 1.29 is 9.84 Å². The van der Waals surface area contributed by atoms with Gasteiger partial charge in [-0.15, -0.1) is 0 Å². The van der Waals surface area contributed by atoms with Crippen LogP contribution in [0.15, 0.2) is 24.3 Å². The van der Waals surface area contributed by atoms with Crippen LogP contribution in [0.1, 0.15) is 18.9 Å². The molecule has 0 aliphatic carbocycles. The van der Waals surface area contributed by atoms with E-state index in [1.807, 2.05) is 12.1 Å². The van der Waals surface area contributed by atoms with Gasteiger partial charge in [-0.2, -0.15) is 0 Å². The van der Waals surface area contributed by atoms with Crippen LogP contribution in [-0.2, 0) is 11.3 Å². The summed E-state index contributed by atoms with van der Waals surface area (Å²) in [5.41, 5.74) is 1.12. The number of benzene rings is 1. The molecule has 0 bridgehead atoms. The second kappa shape index (κ2) is 5.32. The largest absolute Gasteiger partial charge is 0.508 e. The summed E-state index contributed by atoms with van der Waals surface area (Å²) in [5.74, 6) is 0.952. The fourth-order valence-electron chi connectivity index (χ4n) is 2.06. The zero-order chi connectivity index (χ0) is 11.4. The smallest absolute Gasteiger partial charge is 0.115 e. The lowest BCUT2D eigenvalue weighted by Crippen LogP contribution is -2.33. The highest BCUT2D eigenvalue weighted by Crippen LogP contribution is 2.17. The Balaban J connectivity index is 1.82. The van der Waals surface area contributed by atoms with Gasteiger partial charge in [-0.1, -0.05) is 12.1 Å². The molecule has 88 valence electrons. The van der Waals surface area contributed by atoms with Crippen molar-refractivity contribution in [3.63, 3.8) is 0 Å². The molecule has 2 N–H and O–H groups in total. The number of rotatable bonds is 4. The minimum atomic E-state index is 0.330. The van der Waals surface area contributed by atoms with Crippen LogP contribution in [0.5, 0.6) is 5.75 Å². The molecule has 1 heterocycles. The predicted octanol–water partition coefficient (Wildman–Crippen LogP) is 1.91. The van der Waals surface area contributed by atoms with Gasteiger partial charge in [-0.3, -0.25) is 0 Å². The molecule has 1 aliphatic rings. The van der Waals surface area contributed by atoms with E-state index in [0.29, 0.717) is 17.7 Å². The van der Waals surface area contributed by atoms with E-state index in [-0.39, 0.29) is 0 Å². The third-order valence-electron chi connectivity index (χ3n) is 3.21. The van der Waals surface area contributed by atoms with Gasteiger partial charge in [-0.25, -0.2) is 0 Å². The molecule has 2 atom stereocenters. The van der Waals surface area contributed by atoms with Gasteiger partial charge in [0.25, 0.3) is 0 Å². The lowest BCUT2D eigenvalue weighted by atomic mass is 10.0. The molecule has 1 aliphatic heterocycles. The van der Waals surface area contributed by atoms with E-state index in [4.69, 9.17) is 4.74 Å². The van der Waals surface area contributed by atoms with Crippen LogP contribution in [0, 0.1) is 5.92 Å². The molecular formula is C13H19NO2. The predicted molar refractivity (Wildman–Crippen MR) is 63.3 cm³/mol. The number of nitrogens with one attached hydrogen (secondary N) is 1. The van der Waals surface area contributed by atoms with Gasteiger partial charge < -0.3 is 15.2 Å². The highest BCUT2D eigenvalue weighted by atomic mass is 16.5. The molecule has 2 rings (SSSR count). The van der Waals surface area contributed by atoms with Crippen LogP contribution < -0.4 is 5.32 Å². The van der Waals surface area contributed by atoms with E-state index in [0.717, 1.165) is 31.7 Å².